The Balaban J connectivity index is 1.82. The molecule has 0 aromatic carbocycles. The number of amides is 1. The molecule has 0 radical (unpaired) electrons. The first-order valence-corrected chi connectivity index (χ1v) is 7.63. The number of hydrogen-bond donors (Lipinski definition) is 0. The molecule has 2 unspecified atom stereocenters. The lowest BCUT2D eigenvalue weighted by Gasteiger charge is -2.39. The van der Waals surface area contributed by atoms with E-state index in [2.05, 4.69) is 30.7 Å². The van der Waals surface area contributed by atoms with Gasteiger partial charge in [0.05, 0.1) is 12.7 Å². The summed E-state index contributed by atoms with van der Waals surface area (Å²) in [6, 6.07) is 3.93. The summed E-state index contributed by atoms with van der Waals surface area (Å²) in [5.74, 6) is 0.649. The Morgan fingerprint density at radius 1 is 1.33 bits per heavy atom. The van der Waals surface area contributed by atoms with Crippen molar-refractivity contribution in [2.24, 2.45) is 10.8 Å². The summed E-state index contributed by atoms with van der Waals surface area (Å²) >= 11 is 0. The Labute approximate surface area is 126 Å². The number of nitrogens with zero attached hydrogens (tertiary/aromatic N) is 2. The summed E-state index contributed by atoms with van der Waals surface area (Å²) in [6.07, 6.45) is 5.04. The number of hydrogen-bond acceptors (Lipinski definition) is 3. The van der Waals surface area contributed by atoms with Crippen molar-refractivity contribution < 1.29 is 9.53 Å². The molecular weight excluding hydrogens is 264 g/mol. The Hall–Kier alpha value is -1.58. The summed E-state index contributed by atoms with van der Waals surface area (Å²) in [5.41, 5.74) is 1.25. The third-order valence-corrected chi connectivity index (χ3v) is 4.87. The minimum Gasteiger partial charge on any atom is -0.481 e. The number of carbonyl (C=O) groups is 1. The van der Waals surface area contributed by atoms with E-state index in [-0.39, 0.29) is 11.3 Å². The van der Waals surface area contributed by atoms with Crippen LogP contribution in [0.4, 0.5) is 0 Å². The van der Waals surface area contributed by atoms with Crippen LogP contribution < -0.4 is 4.74 Å². The molecule has 21 heavy (non-hydrogen) atoms. The van der Waals surface area contributed by atoms with Gasteiger partial charge in [0, 0.05) is 24.8 Å². The molecule has 1 amide bonds. The van der Waals surface area contributed by atoms with Gasteiger partial charge in [-0.25, -0.2) is 4.98 Å². The van der Waals surface area contributed by atoms with Crippen LogP contribution in [-0.2, 0) is 0 Å². The summed E-state index contributed by atoms with van der Waals surface area (Å²) in [4.78, 5) is 19.0. The SMILES string of the molecule is COc1ccc(C(=O)N2CC3(C)CC2CC(C)(C)C3)cn1. The zero-order valence-corrected chi connectivity index (χ0v) is 13.3. The highest BCUT2D eigenvalue weighted by Gasteiger charge is 2.51. The number of carbonyl (C=O) groups excluding carboxylic acids is 1. The molecule has 2 heterocycles. The summed E-state index contributed by atoms with van der Waals surface area (Å²) in [7, 11) is 1.58. The fraction of sp³-hybridized carbons (Fsp3) is 0.647. The Morgan fingerprint density at radius 2 is 2.10 bits per heavy atom. The standard InChI is InChI=1S/C17H24N2O2/c1-16(2)7-13-8-17(3,10-16)11-19(13)15(20)12-5-6-14(21-4)18-9-12/h5-6,9,13H,7-8,10-11H2,1-4H3. The topological polar surface area (TPSA) is 42.4 Å². The second-order valence-corrected chi connectivity index (χ2v) is 7.74. The third-order valence-electron chi connectivity index (χ3n) is 4.87. The molecule has 0 spiro atoms. The number of rotatable bonds is 2. The second kappa shape index (κ2) is 4.72. The van der Waals surface area contributed by atoms with Crippen molar-refractivity contribution in [3.63, 3.8) is 0 Å². The molecule has 1 aliphatic carbocycles. The Kier molecular flexibility index (Phi) is 3.23. The van der Waals surface area contributed by atoms with Crippen molar-refractivity contribution in [1.29, 1.82) is 0 Å². The van der Waals surface area contributed by atoms with Gasteiger partial charge in [0.15, 0.2) is 0 Å². The molecule has 3 rings (SSSR count). The van der Waals surface area contributed by atoms with Gasteiger partial charge in [0.25, 0.3) is 5.91 Å². The smallest absolute Gasteiger partial charge is 0.255 e. The third kappa shape index (κ3) is 2.63. The highest BCUT2D eigenvalue weighted by molar-refractivity contribution is 5.94. The zero-order chi connectivity index (χ0) is 15.3. The molecule has 2 atom stereocenters. The summed E-state index contributed by atoms with van der Waals surface area (Å²) in [6.45, 7) is 7.83. The first-order valence-electron chi connectivity index (χ1n) is 7.63. The van der Waals surface area contributed by atoms with Gasteiger partial charge < -0.3 is 9.64 Å². The molecule has 1 aromatic heterocycles. The quantitative estimate of drug-likeness (QED) is 0.839. The Morgan fingerprint density at radius 3 is 2.71 bits per heavy atom. The lowest BCUT2D eigenvalue weighted by Crippen LogP contribution is -2.37. The van der Waals surface area contributed by atoms with E-state index in [4.69, 9.17) is 4.74 Å². The predicted octanol–water partition coefficient (Wildman–Crippen LogP) is 3.13. The number of ether oxygens (including phenoxy) is 1. The number of methoxy groups -OCH3 is 1. The molecule has 4 nitrogen and oxygen atoms in total. The highest BCUT2D eigenvalue weighted by atomic mass is 16.5. The molecular formula is C17H24N2O2. The van der Waals surface area contributed by atoms with E-state index in [0.717, 1.165) is 19.4 Å². The van der Waals surface area contributed by atoms with Crippen LogP contribution in [0.2, 0.25) is 0 Å². The largest absolute Gasteiger partial charge is 0.481 e. The van der Waals surface area contributed by atoms with E-state index < -0.39 is 0 Å². The van der Waals surface area contributed by atoms with Gasteiger partial charge in [-0.1, -0.05) is 20.8 Å². The van der Waals surface area contributed by atoms with E-state index in [1.165, 1.54) is 6.42 Å². The fourth-order valence-corrected chi connectivity index (χ4v) is 4.49. The van der Waals surface area contributed by atoms with Crippen LogP contribution in [0.3, 0.4) is 0 Å². The number of likely N-dealkylation sites (tertiary alicyclic amines) is 1. The van der Waals surface area contributed by atoms with Gasteiger partial charge in [-0.2, -0.15) is 0 Å². The second-order valence-electron chi connectivity index (χ2n) is 7.74. The van der Waals surface area contributed by atoms with E-state index in [9.17, 15) is 4.79 Å². The van der Waals surface area contributed by atoms with Gasteiger partial charge in [0.1, 0.15) is 0 Å². The van der Waals surface area contributed by atoms with Crippen molar-refractivity contribution in [3.05, 3.63) is 23.9 Å². The van der Waals surface area contributed by atoms with Gasteiger partial charge in [-0.05, 0) is 36.2 Å². The molecule has 4 heteroatoms. The fourth-order valence-electron chi connectivity index (χ4n) is 4.49. The maximum Gasteiger partial charge on any atom is 0.255 e. The summed E-state index contributed by atoms with van der Waals surface area (Å²) < 4.78 is 5.05. The first-order chi connectivity index (χ1) is 9.82. The Bertz CT molecular complexity index is 552. The van der Waals surface area contributed by atoms with Crippen LogP contribution in [0.1, 0.15) is 50.4 Å². The molecule has 114 valence electrons. The van der Waals surface area contributed by atoms with E-state index in [0.29, 0.717) is 22.9 Å². The average Bonchev–Trinajstić information content (AvgIpc) is 2.67. The van der Waals surface area contributed by atoms with Crippen molar-refractivity contribution in [2.45, 2.75) is 46.1 Å². The van der Waals surface area contributed by atoms with Crippen LogP contribution in [0.25, 0.3) is 0 Å². The molecule has 2 aliphatic rings. The lowest BCUT2D eigenvalue weighted by molar-refractivity contribution is 0.0707. The lowest BCUT2D eigenvalue weighted by atomic mass is 9.65. The van der Waals surface area contributed by atoms with Gasteiger partial charge in [0.2, 0.25) is 5.88 Å². The van der Waals surface area contributed by atoms with Crippen LogP contribution in [0.15, 0.2) is 18.3 Å². The van der Waals surface area contributed by atoms with Crippen LogP contribution in [-0.4, -0.2) is 35.5 Å². The molecule has 1 saturated carbocycles. The van der Waals surface area contributed by atoms with Crippen LogP contribution >= 0.6 is 0 Å². The van der Waals surface area contributed by atoms with Gasteiger partial charge >= 0.3 is 0 Å². The van der Waals surface area contributed by atoms with Crippen molar-refractivity contribution >= 4 is 5.91 Å². The van der Waals surface area contributed by atoms with Crippen molar-refractivity contribution in [2.75, 3.05) is 13.7 Å². The zero-order valence-electron chi connectivity index (χ0n) is 13.3. The molecule has 2 bridgehead atoms. The maximum atomic E-state index is 12.8. The number of fused-ring (bicyclic) bond motifs is 2. The van der Waals surface area contributed by atoms with Crippen LogP contribution in [0, 0.1) is 10.8 Å². The normalized spacial score (nSPS) is 30.3. The number of aromatic nitrogens is 1. The number of pyridine rings is 1. The molecule has 1 saturated heterocycles. The minimum absolute atomic E-state index is 0.108. The van der Waals surface area contributed by atoms with Gasteiger partial charge in [-0.15, -0.1) is 0 Å². The summed E-state index contributed by atoms with van der Waals surface area (Å²) in [5, 5.41) is 0. The average molecular weight is 288 g/mol. The van der Waals surface area contributed by atoms with E-state index >= 15 is 0 Å². The van der Waals surface area contributed by atoms with E-state index in [1.54, 1.807) is 19.4 Å². The molecule has 2 fully saturated rings. The predicted molar refractivity (Wildman–Crippen MR) is 81.4 cm³/mol. The maximum absolute atomic E-state index is 12.8. The van der Waals surface area contributed by atoms with Crippen LogP contribution in [0.5, 0.6) is 5.88 Å². The molecule has 1 aromatic rings. The molecule has 0 N–H and O–H groups in total. The minimum atomic E-state index is 0.108. The molecule has 1 aliphatic heterocycles. The van der Waals surface area contributed by atoms with Crippen molar-refractivity contribution in [1.82, 2.24) is 9.88 Å². The first kappa shape index (κ1) is 14.4. The van der Waals surface area contributed by atoms with Gasteiger partial charge in [-0.3, -0.25) is 4.79 Å². The highest BCUT2D eigenvalue weighted by Crippen LogP contribution is 2.52. The van der Waals surface area contributed by atoms with E-state index in [1.807, 2.05) is 6.07 Å². The van der Waals surface area contributed by atoms with Crippen molar-refractivity contribution in [3.8, 4) is 5.88 Å². The monoisotopic (exact) mass is 288 g/mol.